The molecule has 0 radical (unpaired) electrons. The van der Waals surface area contributed by atoms with Crippen LogP contribution >= 0.6 is 0 Å². The Morgan fingerprint density at radius 2 is 2.27 bits per heavy atom. The lowest BCUT2D eigenvalue weighted by molar-refractivity contribution is -0.115. The van der Waals surface area contributed by atoms with Gasteiger partial charge in [-0.1, -0.05) is 11.2 Å². The molecule has 1 N–H and O–H groups in total. The second-order valence-corrected chi connectivity index (χ2v) is 6.22. The molecule has 1 fully saturated rings. The third-order valence-corrected chi connectivity index (χ3v) is 4.39. The van der Waals surface area contributed by atoms with E-state index in [9.17, 15) is 9.59 Å². The average molecular weight is 355 g/mol. The number of pyridine rings is 1. The summed E-state index contributed by atoms with van der Waals surface area (Å²) in [5, 5.41) is 10.8. The van der Waals surface area contributed by atoms with Crippen molar-refractivity contribution < 1.29 is 14.4 Å². The number of hydrogen-bond acceptors (Lipinski definition) is 7. The van der Waals surface area contributed by atoms with Crippen LogP contribution in [0.15, 0.2) is 36.0 Å². The number of likely N-dealkylation sites (tertiary alicyclic amines) is 1. The number of aryl methyl sites for hydroxylation is 1. The van der Waals surface area contributed by atoms with Crippen molar-refractivity contribution in [1.29, 1.82) is 0 Å². The number of fused-ring (bicyclic) bond motifs is 1. The minimum Gasteiger partial charge on any atom is -0.389 e. The van der Waals surface area contributed by atoms with Gasteiger partial charge in [-0.25, -0.2) is 4.98 Å². The number of hydrogen-bond donors (Lipinski definition) is 1. The van der Waals surface area contributed by atoms with Crippen molar-refractivity contribution in [3.63, 3.8) is 0 Å². The quantitative estimate of drug-likeness (QED) is 0.780. The van der Waals surface area contributed by atoms with E-state index >= 15 is 0 Å². The van der Waals surface area contributed by atoms with Gasteiger partial charge in [0.2, 0.25) is 5.82 Å². The number of nitrogens with zero attached hydrogens (tertiary/aromatic N) is 6. The van der Waals surface area contributed by atoms with Gasteiger partial charge in [-0.05, 0) is 11.6 Å². The number of amides is 2. The smallest absolute Gasteiger partial charge is 0.293 e. The van der Waals surface area contributed by atoms with E-state index in [1.54, 1.807) is 30.4 Å². The van der Waals surface area contributed by atoms with Gasteiger partial charge in [-0.15, -0.1) is 5.10 Å². The van der Waals surface area contributed by atoms with Crippen molar-refractivity contribution in [2.24, 2.45) is 18.1 Å². The van der Waals surface area contributed by atoms with E-state index < -0.39 is 0 Å². The minimum absolute atomic E-state index is 0.131. The molecule has 10 heteroatoms. The summed E-state index contributed by atoms with van der Waals surface area (Å²) in [6.45, 7) is 1.05. The number of aromatic nitrogens is 4. The van der Waals surface area contributed by atoms with E-state index in [0.717, 1.165) is 5.56 Å². The van der Waals surface area contributed by atoms with Crippen LogP contribution in [0.5, 0.6) is 0 Å². The van der Waals surface area contributed by atoms with Gasteiger partial charge >= 0.3 is 0 Å². The Labute approximate surface area is 148 Å². The van der Waals surface area contributed by atoms with E-state index in [2.05, 4.69) is 25.5 Å². The second-order valence-electron chi connectivity index (χ2n) is 6.22. The average Bonchev–Trinajstić information content (AvgIpc) is 3.35. The standard InChI is InChI=1S/C16H17N7O3/c1-22-9-19-14(20-22)16(25)23-7-11-12(8-23)26-21-13(11)15(24)18-6-10-3-2-4-17-5-10/h2-5,9,11-12H,6-8H2,1H3,(H,18,24)/t11-,12+/m0/s1. The topological polar surface area (TPSA) is 115 Å². The van der Waals surface area contributed by atoms with Gasteiger partial charge in [0.05, 0.1) is 12.5 Å². The van der Waals surface area contributed by atoms with Gasteiger partial charge in [0.25, 0.3) is 11.8 Å². The molecule has 2 atom stereocenters. The van der Waals surface area contributed by atoms with E-state index in [-0.39, 0.29) is 29.7 Å². The summed E-state index contributed by atoms with van der Waals surface area (Å²) in [6.07, 6.45) is 4.51. The summed E-state index contributed by atoms with van der Waals surface area (Å²) in [5.41, 5.74) is 1.20. The van der Waals surface area contributed by atoms with Gasteiger partial charge in [-0.2, -0.15) is 0 Å². The summed E-state index contributed by atoms with van der Waals surface area (Å²) in [4.78, 5) is 39.8. The summed E-state index contributed by atoms with van der Waals surface area (Å²) in [5.74, 6) is -0.700. The molecule has 2 aromatic heterocycles. The summed E-state index contributed by atoms with van der Waals surface area (Å²) in [7, 11) is 1.70. The zero-order valence-electron chi connectivity index (χ0n) is 14.1. The highest BCUT2D eigenvalue weighted by Gasteiger charge is 2.46. The fraction of sp³-hybridized carbons (Fsp3) is 0.375. The first-order valence-electron chi connectivity index (χ1n) is 8.17. The van der Waals surface area contributed by atoms with E-state index in [4.69, 9.17) is 4.84 Å². The Balaban J connectivity index is 1.38. The van der Waals surface area contributed by atoms with E-state index in [1.807, 2.05) is 6.07 Å². The maximum Gasteiger partial charge on any atom is 0.293 e. The molecule has 0 aliphatic carbocycles. The first-order chi connectivity index (χ1) is 12.6. The Hall–Kier alpha value is -3.30. The Morgan fingerprint density at radius 3 is 3.00 bits per heavy atom. The molecule has 0 spiro atoms. The lowest BCUT2D eigenvalue weighted by Crippen LogP contribution is -2.37. The molecule has 10 nitrogen and oxygen atoms in total. The lowest BCUT2D eigenvalue weighted by Gasteiger charge is -2.14. The molecule has 1 saturated heterocycles. The Bertz CT molecular complexity index is 864. The predicted molar refractivity (Wildman–Crippen MR) is 88.8 cm³/mol. The van der Waals surface area contributed by atoms with Crippen LogP contribution in [-0.2, 0) is 23.2 Å². The number of rotatable bonds is 4. The monoisotopic (exact) mass is 355 g/mol. The van der Waals surface area contributed by atoms with Gasteiger partial charge in [-0.3, -0.25) is 19.3 Å². The van der Waals surface area contributed by atoms with Crippen molar-refractivity contribution in [1.82, 2.24) is 30.0 Å². The molecule has 26 heavy (non-hydrogen) atoms. The minimum atomic E-state index is -0.318. The van der Waals surface area contributed by atoms with Crippen LogP contribution in [0.4, 0.5) is 0 Å². The zero-order chi connectivity index (χ0) is 18.1. The summed E-state index contributed by atoms with van der Waals surface area (Å²) in [6, 6.07) is 3.68. The maximum atomic E-state index is 12.5. The molecule has 2 aliphatic rings. The van der Waals surface area contributed by atoms with Gasteiger partial charge in [0.1, 0.15) is 6.33 Å². The van der Waals surface area contributed by atoms with Crippen molar-refractivity contribution in [3.8, 4) is 0 Å². The van der Waals surface area contributed by atoms with Crippen LogP contribution in [-0.4, -0.2) is 61.4 Å². The highest BCUT2D eigenvalue weighted by Crippen LogP contribution is 2.28. The summed E-state index contributed by atoms with van der Waals surface area (Å²) >= 11 is 0. The number of nitrogens with one attached hydrogen (secondary N) is 1. The number of carbonyl (C=O) groups excluding carboxylic acids is 2. The van der Waals surface area contributed by atoms with Crippen LogP contribution in [0.1, 0.15) is 16.2 Å². The number of oxime groups is 1. The van der Waals surface area contributed by atoms with Crippen molar-refractivity contribution in [2.45, 2.75) is 12.6 Å². The molecule has 2 aromatic rings. The van der Waals surface area contributed by atoms with Crippen LogP contribution < -0.4 is 5.32 Å². The molecule has 2 aliphatic heterocycles. The highest BCUT2D eigenvalue weighted by molar-refractivity contribution is 6.40. The largest absolute Gasteiger partial charge is 0.389 e. The molecule has 0 bridgehead atoms. The number of carbonyl (C=O) groups is 2. The van der Waals surface area contributed by atoms with Crippen molar-refractivity contribution in [2.75, 3.05) is 13.1 Å². The fourth-order valence-electron chi connectivity index (χ4n) is 3.07. The Morgan fingerprint density at radius 1 is 1.38 bits per heavy atom. The van der Waals surface area contributed by atoms with Crippen LogP contribution in [0.2, 0.25) is 0 Å². The predicted octanol–water partition coefficient (Wildman–Crippen LogP) is -0.647. The molecule has 4 heterocycles. The third kappa shape index (κ3) is 3.01. The molecule has 0 aromatic carbocycles. The molecule has 2 amide bonds. The first kappa shape index (κ1) is 16.2. The molecule has 4 rings (SSSR count). The molecule has 0 unspecified atom stereocenters. The summed E-state index contributed by atoms with van der Waals surface area (Å²) < 4.78 is 1.47. The molecular weight excluding hydrogens is 338 g/mol. The van der Waals surface area contributed by atoms with Crippen LogP contribution in [0.25, 0.3) is 0 Å². The van der Waals surface area contributed by atoms with Gasteiger partial charge in [0.15, 0.2) is 11.8 Å². The molecule has 0 saturated carbocycles. The van der Waals surface area contributed by atoms with Crippen molar-refractivity contribution in [3.05, 3.63) is 42.2 Å². The fourth-order valence-corrected chi connectivity index (χ4v) is 3.07. The first-order valence-corrected chi connectivity index (χ1v) is 8.17. The van der Waals surface area contributed by atoms with Crippen LogP contribution in [0.3, 0.4) is 0 Å². The zero-order valence-corrected chi connectivity index (χ0v) is 14.1. The van der Waals surface area contributed by atoms with Gasteiger partial charge in [0, 0.05) is 32.5 Å². The highest BCUT2D eigenvalue weighted by atomic mass is 16.6. The Kier molecular flexibility index (Phi) is 4.07. The van der Waals surface area contributed by atoms with Crippen molar-refractivity contribution >= 4 is 17.5 Å². The molecule has 134 valence electrons. The van der Waals surface area contributed by atoms with Crippen LogP contribution in [0, 0.1) is 5.92 Å². The third-order valence-electron chi connectivity index (χ3n) is 4.39. The SMILES string of the molecule is Cn1cnc(C(=O)N2C[C@@H]3C(C(=O)NCc4cccnc4)=NO[C@@H]3C2)n1. The van der Waals surface area contributed by atoms with Gasteiger partial charge < -0.3 is 15.1 Å². The maximum absolute atomic E-state index is 12.5. The lowest BCUT2D eigenvalue weighted by atomic mass is 10.0. The molecular formula is C16H17N7O3. The normalized spacial score (nSPS) is 21.1. The second kappa shape index (κ2) is 6.54. The van der Waals surface area contributed by atoms with E-state index in [0.29, 0.717) is 25.3 Å². The van der Waals surface area contributed by atoms with E-state index in [1.165, 1.54) is 11.0 Å².